The van der Waals surface area contributed by atoms with Gasteiger partial charge in [-0.2, -0.15) is 21.6 Å². The summed E-state index contributed by atoms with van der Waals surface area (Å²) in [6.45, 7) is 0. The predicted molar refractivity (Wildman–Crippen MR) is 61.2 cm³/mol. The summed E-state index contributed by atoms with van der Waals surface area (Å²) in [6.07, 6.45) is 0.644. The first-order chi connectivity index (χ1) is 9.15. The van der Waals surface area contributed by atoms with Gasteiger partial charge in [0.05, 0.1) is 7.11 Å². The monoisotopic (exact) mass is 310 g/mol. The predicted octanol–water partition coefficient (Wildman–Crippen LogP) is 2.05. The highest BCUT2D eigenvalue weighted by Gasteiger charge is 2.49. The highest BCUT2D eigenvalue weighted by molar-refractivity contribution is 7.88. The van der Waals surface area contributed by atoms with Crippen molar-refractivity contribution < 1.29 is 35.3 Å². The molecular formula is C11H9F3O5S. The van der Waals surface area contributed by atoms with E-state index in [4.69, 9.17) is 4.74 Å². The summed E-state index contributed by atoms with van der Waals surface area (Å²) in [6, 6.07) is 2.27. The lowest BCUT2D eigenvalue weighted by atomic mass is 10.1. The average Bonchev–Trinajstić information content (AvgIpc) is 2.68. The molecule has 1 aromatic carbocycles. The second kappa shape index (κ2) is 4.65. The first-order valence-electron chi connectivity index (χ1n) is 5.40. The van der Waals surface area contributed by atoms with Gasteiger partial charge in [-0.15, -0.1) is 0 Å². The lowest BCUT2D eigenvalue weighted by Crippen LogP contribution is -2.28. The fourth-order valence-corrected chi connectivity index (χ4v) is 2.30. The molecule has 0 atom stereocenters. The topological polar surface area (TPSA) is 69.7 Å². The van der Waals surface area contributed by atoms with E-state index in [0.29, 0.717) is 12.0 Å². The number of carbonyl (C=O) groups excluding carboxylic acids is 1. The van der Waals surface area contributed by atoms with Crippen LogP contribution >= 0.6 is 0 Å². The Morgan fingerprint density at radius 3 is 2.35 bits per heavy atom. The molecule has 20 heavy (non-hydrogen) atoms. The number of alkyl halides is 3. The normalized spacial score (nSPS) is 15.1. The largest absolute Gasteiger partial charge is 0.534 e. The summed E-state index contributed by atoms with van der Waals surface area (Å²) in [7, 11) is -4.65. The van der Waals surface area contributed by atoms with Crippen molar-refractivity contribution in [3.05, 3.63) is 23.3 Å². The molecule has 1 aliphatic rings. The third-order valence-corrected chi connectivity index (χ3v) is 3.76. The van der Waals surface area contributed by atoms with Crippen molar-refractivity contribution in [2.24, 2.45) is 0 Å². The van der Waals surface area contributed by atoms with Gasteiger partial charge in [-0.05, 0) is 24.1 Å². The van der Waals surface area contributed by atoms with E-state index in [-0.39, 0.29) is 23.5 Å². The molecule has 0 fully saturated rings. The molecule has 0 spiro atoms. The van der Waals surface area contributed by atoms with Gasteiger partial charge >= 0.3 is 15.6 Å². The number of methoxy groups -OCH3 is 1. The molecule has 0 unspecified atom stereocenters. The Morgan fingerprint density at radius 2 is 1.80 bits per heavy atom. The highest BCUT2D eigenvalue weighted by Crippen LogP contribution is 2.37. The molecule has 0 bridgehead atoms. The van der Waals surface area contributed by atoms with Crippen LogP contribution in [0.4, 0.5) is 13.2 Å². The van der Waals surface area contributed by atoms with Crippen molar-refractivity contribution >= 4 is 15.9 Å². The maximum atomic E-state index is 12.3. The quantitative estimate of drug-likeness (QED) is 0.631. The Kier molecular flexibility index (Phi) is 3.41. The summed E-state index contributed by atoms with van der Waals surface area (Å²) in [5, 5.41) is 0. The van der Waals surface area contributed by atoms with Gasteiger partial charge in [-0.3, -0.25) is 4.79 Å². The number of ether oxygens (including phenoxy) is 1. The Bertz CT molecular complexity index is 663. The summed E-state index contributed by atoms with van der Waals surface area (Å²) >= 11 is 0. The minimum atomic E-state index is -5.81. The van der Waals surface area contributed by atoms with E-state index in [2.05, 4.69) is 4.18 Å². The average molecular weight is 310 g/mol. The van der Waals surface area contributed by atoms with E-state index in [9.17, 15) is 26.4 Å². The first kappa shape index (κ1) is 14.6. The lowest BCUT2D eigenvalue weighted by Gasteiger charge is -2.13. The van der Waals surface area contributed by atoms with Crippen molar-refractivity contribution in [2.75, 3.05) is 7.11 Å². The first-order valence-corrected chi connectivity index (χ1v) is 6.81. The highest BCUT2D eigenvalue weighted by atomic mass is 32.2. The van der Waals surface area contributed by atoms with Crippen molar-refractivity contribution in [1.29, 1.82) is 0 Å². The molecule has 110 valence electrons. The number of rotatable bonds is 3. The number of halogens is 3. The number of fused-ring (bicyclic) bond motifs is 1. The summed E-state index contributed by atoms with van der Waals surface area (Å²) in [5.74, 6) is -1.11. The molecule has 0 saturated heterocycles. The molecule has 1 aromatic rings. The Balaban J connectivity index is 2.47. The van der Waals surface area contributed by atoms with Crippen molar-refractivity contribution in [3.63, 3.8) is 0 Å². The molecule has 0 amide bonds. The zero-order chi connectivity index (χ0) is 15.1. The summed E-state index contributed by atoms with van der Waals surface area (Å²) < 4.78 is 67.6. The van der Waals surface area contributed by atoms with Gasteiger partial charge in [0.2, 0.25) is 0 Å². The zero-order valence-electron chi connectivity index (χ0n) is 10.2. The Morgan fingerprint density at radius 1 is 1.15 bits per heavy atom. The minimum Gasteiger partial charge on any atom is -0.493 e. The van der Waals surface area contributed by atoms with E-state index < -0.39 is 21.4 Å². The molecule has 0 N–H and O–H groups in total. The van der Waals surface area contributed by atoms with Gasteiger partial charge in [-0.25, -0.2) is 0 Å². The third kappa shape index (κ3) is 2.45. The number of hydrogen-bond acceptors (Lipinski definition) is 5. The van der Waals surface area contributed by atoms with Crippen molar-refractivity contribution in [1.82, 2.24) is 0 Å². The summed E-state index contributed by atoms with van der Waals surface area (Å²) in [5.41, 5.74) is -4.82. The van der Waals surface area contributed by atoms with E-state index in [1.807, 2.05) is 0 Å². The van der Waals surface area contributed by atoms with Gasteiger partial charge in [0.15, 0.2) is 17.3 Å². The second-order valence-corrected chi connectivity index (χ2v) is 5.60. The molecule has 0 aliphatic heterocycles. The maximum absolute atomic E-state index is 12.3. The number of benzene rings is 1. The number of carbonyl (C=O) groups is 1. The lowest BCUT2D eigenvalue weighted by molar-refractivity contribution is -0.0500. The van der Waals surface area contributed by atoms with Crippen LogP contribution in [0, 0.1) is 0 Å². The zero-order valence-corrected chi connectivity index (χ0v) is 11.0. The molecule has 2 rings (SSSR count). The molecule has 5 nitrogen and oxygen atoms in total. The van der Waals surface area contributed by atoms with Gasteiger partial charge in [0, 0.05) is 12.0 Å². The fourth-order valence-electron chi connectivity index (χ4n) is 1.84. The third-order valence-electron chi connectivity index (χ3n) is 2.79. The van der Waals surface area contributed by atoms with Crippen molar-refractivity contribution in [2.45, 2.75) is 18.3 Å². The van der Waals surface area contributed by atoms with E-state index in [0.717, 1.165) is 13.2 Å². The van der Waals surface area contributed by atoms with Gasteiger partial charge in [0.1, 0.15) is 0 Å². The van der Waals surface area contributed by atoms with Crippen LogP contribution < -0.4 is 8.92 Å². The molecule has 0 aromatic heterocycles. The van der Waals surface area contributed by atoms with Crippen LogP contribution in [0.2, 0.25) is 0 Å². The molecule has 0 saturated carbocycles. The summed E-state index contributed by atoms with van der Waals surface area (Å²) in [4.78, 5) is 11.5. The number of ketones is 1. The Labute approximate surface area is 112 Å². The van der Waals surface area contributed by atoms with Crippen LogP contribution in [0.15, 0.2) is 12.1 Å². The van der Waals surface area contributed by atoms with Crippen LogP contribution in [0.1, 0.15) is 22.3 Å². The van der Waals surface area contributed by atoms with Crippen LogP contribution in [0.5, 0.6) is 11.5 Å². The standard InChI is InChI=1S/C11H9F3O5S/c1-18-9-4-6-2-3-8(15)7(6)5-10(9)19-20(16,17)11(12,13)14/h4-5H,2-3H2,1H3. The fraction of sp³-hybridized carbons (Fsp3) is 0.364. The maximum Gasteiger partial charge on any atom is 0.534 e. The molecular weight excluding hydrogens is 301 g/mol. The van der Waals surface area contributed by atoms with Crippen LogP contribution in [0.25, 0.3) is 0 Å². The van der Waals surface area contributed by atoms with Gasteiger partial charge < -0.3 is 8.92 Å². The number of aryl methyl sites for hydroxylation is 1. The van der Waals surface area contributed by atoms with E-state index in [1.54, 1.807) is 0 Å². The molecule has 1 aliphatic carbocycles. The molecule has 9 heteroatoms. The molecule has 0 radical (unpaired) electrons. The van der Waals surface area contributed by atoms with Gasteiger partial charge in [-0.1, -0.05) is 0 Å². The van der Waals surface area contributed by atoms with Crippen LogP contribution in [-0.4, -0.2) is 26.8 Å². The van der Waals surface area contributed by atoms with Crippen LogP contribution in [0.3, 0.4) is 0 Å². The van der Waals surface area contributed by atoms with E-state index in [1.165, 1.54) is 6.07 Å². The van der Waals surface area contributed by atoms with Crippen molar-refractivity contribution in [3.8, 4) is 11.5 Å². The van der Waals surface area contributed by atoms with Crippen LogP contribution in [-0.2, 0) is 16.5 Å². The smallest absolute Gasteiger partial charge is 0.493 e. The van der Waals surface area contributed by atoms with Gasteiger partial charge in [0.25, 0.3) is 0 Å². The Hall–Kier alpha value is -1.77. The SMILES string of the molecule is COc1cc2c(cc1OS(=O)(=O)C(F)(F)F)C(=O)CC2. The molecule has 0 heterocycles. The minimum absolute atomic E-state index is 0.151. The number of Topliss-reactive ketones (excluding diaryl/α,β-unsaturated/α-hetero) is 1. The number of hydrogen-bond donors (Lipinski definition) is 0. The van der Waals surface area contributed by atoms with E-state index >= 15 is 0 Å². The second-order valence-electron chi connectivity index (χ2n) is 4.07.